The smallest absolute Gasteiger partial charge is 0.101 e. The van der Waals surface area contributed by atoms with Gasteiger partial charge in [-0.3, -0.25) is 0 Å². The summed E-state index contributed by atoms with van der Waals surface area (Å²) >= 11 is 3.47. The zero-order valence-corrected chi connectivity index (χ0v) is 12.4. The van der Waals surface area contributed by atoms with Crippen molar-refractivity contribution in [2.24, 2.45) is 5.92 Å². The van der Waals surface area contributed by atoms with Crippen LogP contribution in [0.2, 0.25) is 0 Å². The lowest BCUT2D eigenvalue weighted by Crippen LogP contribution is -2.18. The van der Waals surface area contributed by atoms with Gasteiger partial charge in [0.05, 0.1) is 4.21 Å². The molecule has 0 aliphatic carbocycles. The van der Waals surface area contributed by atoms with Crippen LogP contribution in [0.5, 0.6) is 0 Å². The summed E-state index contributed by atoms with van der Waals surface area (Å²) in [6.45, 7) is 6.37. The third kappa shape index (κ3) is 4.44. The van der Waals surface area contributed by atoms with Gasteiger partial charge in [-0.05, 0) is 35.5 Å². The van der Waals surface area contributed by atoms with E-state index >= 15 is 0 Å². The van der Waals surface area contributed by atoms with Crippen molar-refractivity contribution in [1.82, 2.24) is 10.3 Å². The Bertz CT molecular complexity index is 449. The van der Waals surface area contributed by atoms with Gasteiger partial charge in [-0.2, -0.15) is 0 Å². The predicted molar refractivity (Wildman–Crippen MR) is 79.2 cm³/mol. The molecule has 0 saturated carbocycles. The molecule has 0 radical (unpaired) electrons. The van der Waals surface area contributed by atoms with E-state index in [0.717, 1.165) is 18.1 Å². The Morgan fingerprint density at radius 2 is 2.22 bits per heavy atom. The number of nitrogens with one attached hydrogen (secondary N) is 1. The average molecular weight is 278 g/mol. The number of nitrogens with zero attached hydrogens (tertiary/aromatic N) is 1. The molecule has 0 aliphatic heterocycles. The van der Waals surface area contributed by atoms with Gasteiger partial charge in [0.2, 0.25) is 0 Å². The third-order valence-corrected chi connectivity index (χ3v) is 4.37. The molecule has 2 heterocycles. The minimum atomic E-state index is 0.687. The molecule has 0 spiro atoms. The maximum absolute atomic E-state index is 4.48. The van der Waals surface area contributed by atoms with E-state index in [1.165, 1.54) is 9.77 Å². The molecule has 2 aromatic rings. The van der Waals surface area contributed by atoms with Gasteiger partial charge in [0.1, 0.15) is 5.03 Å². The number of hydrogen-bond donors (Lipinski definition) is 1. The molecule has 18 heavy (non-hydrogen) atoms. The molecule has 96 valence electrons. The van der Waals surface area contributed by atoms with Gasteiger partial charge in [0.25, 0.3) is 0 Å². The first kappa shape index (κ1) is 13.6. The summed E-state index contributed by atoms with van der Waals surface area (Å²) in [6.07, 6.45) is 1.96. The first-order valence-electron chi connectivity index (χ1n) is 6.11. The van der Waals surface area contributed by atoms with Crippen LogP contribution < -0.4 is 5.32 Å². The highest BCUT2D eigenvalue weighted by Gasteiger charge is 2.00. The fourth-order valence-electron chi connectivity index (χ4n) is 1.51. The van der Waals surface area contributed by atoms with Gasteiger partial charge >= 0.3 is 0 Å². The molecule has 1 N–H and O–H groups in total. The van der Waals surface area contributed by atoms with E-state index in [1.807, 2.05) is 6.20 Å². The highest BCUT2D eigenvalue weighted by molar-refractivity contribution is 8.01. The van der Waals surface area contributed by atoms with Crippen molar-refractivity contribution < 1.29 is 0 Å². The number of aromatic nitrogens is 1. The molecule has 0 amide bonds. The van der Waals surface area contributed by atoms with Gasteiger partial charge in [0, 0.05) is 12.7 Å². The molecule has 0 atom stereocenters. The van der Waals surface area contributed by atoms with Crippen molar-refractivity contribution in [3.8, 4) is 0 Å². The zero-order valence-electron chi connectivity index (χ0n) is 10.7. The normalized spacial score (nSPS) is 11.1. The first-order chi connectivity index (χ1) is 8.74. The van der Waals surface area contributed by atoms with Crippen molar-refractivity contribution in [2.45, 2.75) is 29.6 Å². The van der Waals surface area contributed by atoms with Gasteiger partial charge in [-0.15, -0.1) is 11.3 Å². The van der Waals surface area contributed by atoms with E-state index in [-0.39, 0.29) is 0 Å². The molecule has 0 aromatic carbocycles. The van der Waals surface area contributed by atoms with Crippen LogP contribution in [0.1, 0.15) is 19.4 Å². The molecule has 0 aliphatic rings. The summed E-state index contributed by atoms with van der Waals surface area (Å²) in [5, 5.41) is 6.57. The van der Waals surface area contributed by atoms with Crippen LogP contribution in [0.15, 0.2) is 45.1 Å². The maximum Gasteiger partial charge on any atom is 0.101 e. The molecule has 4 heteroatoms. The summed E-state index contributed by atoms with van der Waals surface area (Å²) in [5.41, 5.74) is 1.24. The Morgan fingerprint density at radius 3 is 2.83 bits per heavy atom. The lowest BCUT2D eigenvalue weighted by Gasteiger charge is -2.07. The maximum atomic E-state index is 4.48. The molecule has 0 unspecified atom stereocenters. The number of rotatable bonds is 6. The second-order valence-electron chi connectivity index (χ2n) is 4.56. The molecule has 0 saturated heterocycles. The van der Waals surface area contributed by atoms with Crippen LogP contribution in [-0.4, -0.2) is 11.5 Å². The van der Waals surface area contributed by atoms with Gasteiger partial charge in [-0.25, -0.2) is 4.98 Å². The van der Waals surface area contributed by atoms with Crippen molar-refractivity contribution in [3.05, 3.63) is 41.4 Å². The van der Waals surface area contributed by atoms with Crippen LogP contribution in [0.25, 0.3) is 0 Å². The van der Waals surface area contributed by atoms with Gasteiger partial charge < -0.3 is 5.32 Å². The fraction of sp³-hybridized carbons (Fsp3) is 0.357. The summed E-state index contributed by atoms with van der Waals surface area (Å²) < 4.78 is 1.29. The zero-order chi connectivity index (χ0) is 12.8. The van der Waals surface area contributed by atoms with Crippen molar-refractivity contribution in [3.63, 3.8) is 0 Å². The Balaban J connectivity index is 1.85. The van der Waals surface area contributed by atoms with Gasteiger partial charge in [-0.1, -0.05) is 37.7 Å². The van der Waals surface area contributed by atoms with E-state index in [1.54, 1.807) is 23.1 Å². The Labute approximate surface area is 117 Å². The van der Waals surface area contributed by atoms with Crippen LogP contribution in [-0.2, 0) is 6.54 Å². The standard InChI is InChI=1S/C14H18N2S2/c1-11(2)8-15-9-12-5-6-13(16-10-12)18-14-4-3-7-17-14/h3-7,10-11,15H,8-9H2,1-2H3. The van der Waals surface area contributed by atoms with E-state index in [9.17, 15) is 0 Å². The summed E-state index contributed by atoms with van der Waals surface area (Å²) in [4.78, 5) is 4.48. The predicted octanol–water partition coefficient (Wildman–Crippen LogP) is 4.04. The van der Waals surface area contributed by atoms with Crippen LogP contribution in [0.4, 0.5) is 0 Å². The number of hydrogen-bond acceptors (Lipinski definition) is 4. The molecule has 2 aromatic heterocycles. The lowest BCUT2D eigenvalue weighted by molar-refractivity contribution is 0.551. The van der Waals surface area contributed by atoms with Crippen molar-refractivity contribution in [2.75, 3.05) is 6.54 Å². The van der Waals surface area contributed by atoms with Crippen molar-refractivity contribution >= 4 is 23.1 Å². The Hall–Kier alpha value is -0.840. The van der Waals surface area contributed by atoms with E-state index < -0.39 is 0 Å². The Kier molecular flexibility index (Phi) is 5.23. The van der Waals surface area contributed by atoms with E-state index in [0.29, 0.717) is 5.92 Å². The summed E-state index contributed by atoms with van der Waals surface area (Å²) in [5.74, 6) is 0.687. The largest absolute Gasteiger partial charge is 0.312 e. The summed E-state index contributed by atoms with van der Waals surface area (Å²) in [6, 6.07) is 8.43. The minimum absolute atomic E-state index is 0.687. The van der Waals surface area contributed by atoms with Crippen LogP contribution in [0, 0.1) is 5.92 Å². The van der Waals surface area contributed by atoms with Crippen LogP contribution in [0.3, 0.4) is 0 Å². The molecular weight excluding hydrogens is 260 g/mol. The molecule has 0 fully saturated rings. The molecule has 0 bridgehead atoms. The average Bonchev–Trinajstić information content (AvgIpc) is 2.84. The van der Waals surface area contributed by atoms with Crippen molar-refractivity contribution in [1.29, 1.82) is 0 Å². The highest BCUT2D eigenvalue weighted by Crippen LogP contribution is 2.29. The quantitative estimate of drug-likeness (QED) is 0.863. The second-order valence-corrected chi connectivity index (χ2v) is 6.83. The first-order valence-corrected chi connectivity index (χ1v) is 7.80. The second kappa shape index (κ2) is 6.92. The summed E-state index contributed by atoms with van der Waals surface area (Å²) in [7, 11) is 0. The minimum Gasteiger partial charge on any atom is -0.312 e. The monoisotopic (exact) mass is 278 g/mol. The number of pyridine rings is 1. The third-order valence-electron chi connectivity index (χ3n) is 2.38. The topological polar surface area (TPSA) is 24.9 Å². The molecule has 2 rings (SSSR count). The van der Waals surface area contributed by atoms with Gasteiger partial charge in [0.15, 0.2) is 0 Å². The molecular formula is C14H18N2S2. The highest BCUT2D eigenvalue weighted by atomic mass is 32.2. The fourth-order valence-corrected chi connectivity index (χ4v) is 3.16. The number of thiophene rings is 1. The SMILES string of the molecule is CC(C)CNCc1ccc(Sc2cccs2)nc1. The van der Waals surface area contributed by atoms with E-state index in [4.69, 9.17) is 0 Å². The lowest BCUT2D eigenvalue weighted by atomic mass is 10.2. The molecule has 2 nitrogen and oxygen atoms in total. The Morgan fingerprint density at radius 1 is 1.33 bits per heavy atom. The van der Waals surface area contributed by atoms with Crippen LogP contribution >= 0.6 is 23.1 Å². The van der Waals surface area contributed by atoms with E-state index in [2.05, 4.69) is 53.8 Å².